The molecule has 2 rings (SSSR count). The van der Waals surface area contributed by atoms with E-state index in [1.807, 2.05) is 51.1 Å². The Balaban J connectivity index is 1.74. The lowest BCUT2D eigenvalue weighted by Crippen LogP contribution is -2.38. The van der Waals surface area contributed by atoms with Crippen molar-refractivity contribution in [3.05, 3.63) is 35.9 Å². The van der Waals surface area contributed by atoms with Gasteiger partial charge in [-0.25, -0.2) is 4.79 Å². The average Bonchev–Trinajstić information content (AvgIpc) is 2.92. The van der Waals surface area contributed by atoms with Crippen LogP contribution in [-0.2, 0) is 16.1 Å². The number of amides is 2. The molecule has 0 radical (unpaired) electrons. The first-order valence-corrected chi connectivity index (χ1v) is 8.14. The third kappa shape index (κ3) is 5.93. The second-order valence-electron chi connectivity index (χ2n) is 7.06. The minimum atomic E-state index is -0.505. The quantitative estimate of drug-likeness (QED) is 0.897. The van der Waals surface area contributed by atoms with E-state index in [4.69, 9.17) is 4.74 Å². The second kappa shape index (κ2) is 7.49. The summed E-state index contributed by atoms with van der Waals surface area (Å²) in [5.41, 5.74) is 0.581. The fraction of sp³-hybridized carbons (Fsp3) is 0.556. The van der Waals surface area contributed by atoms with Crippen LogP contribution in [0.5, 0.6) is 0 Å². The van der Waals surface area contributed by atoms with Crippen LogP contribution in [0, 0.1) is 5.92 Å². The number of carbonyl (C=O) groups is 2. The van der Waals surface area contributed by atoms with Crippen LogP contribution in [0.1, 0.15) is 45.6 Å². The molecule has 0 spiro atoms. The van der Waals surface area contributed by atoms with Crippen LogP contribution in [0.2, 0.25) is 0 Å². The molecule has 1 aliphatic carbocycles. The Kier molecular flexibility index (Phi) is 5.64. The van der Waals surface area contributed by atoms with E-state index in [9.17, 15) is 9.59 Å². The molecule has 126 valence electrons. The first kappa shape index (κ1) is 17.3. The average molecular weight is 318 g/mol. The van der Waals surface area contributed by atoms with Crippen LogP contribution < -0.4 is 10.6 Å². The van der Waals surface area contributed by atoms with Gasteiger partial charge in [-0.1, -0.05) is 30.3 Å². The fourth-order valence-electron chi connectivity index (χ4n) is 2.75. The molecule has 0 saturated heterocycles. The van der Waals surface area contributed by atoms with Crippen LogP contribution in [0.25, 0.3) is 0 Å². The molecule has 23 heavy (non-hydrogen) atoms. The first-order chi connectivity index (χ1) is 10.8. The van der Waals surface area contributed by atoms with Gasteiger partial charge < -0.3 is 15.4 Å². The smallest absolute Gasteiger partial charge is 0.407 e. The Morgan fingerprint density at radius 2 is 1.87 bits per heavy atom. The minimum Gasteiger partial charge on any atom is -0.444 e. The third-order valence-electron chi connectivity index (χ3n) is 3.83. The van der Waals surface area contributed by atoms with Crippen LogP contribution >= 0.6 is 0 Å². The predicted octanol–water partition coefficient (Wildman–Crippen LogP) is 3.00. The molecule has 0 aliphatic heterocycles. The van der Waals surface area contributed by atoms with Crippen molar-refractivity contribution in [3.8, 4) is 0 Å². The molecule has 0 bridgehead atoms. The van der Waals surface area contributed by atoms with Crippen molar-refractivity contribution in [2.45, 2.75) is 58.2 Å². The molecule has 0 unspecified atom stereocenters. The Morgan fingerprint density at radius 1 is 1.17 bits per heavy atom. The molecule has 1 aliphatic rings. The van der Waals surface area contributed by atoms with Crippen molar-refractivity contribution in [2.24, 2.45) is 5.92 Å². The third-order valence-corrected chi connectivity index (χ3v) is 3.83. The van der Waals surface area contributed by atoms with Gasteiger partial charge in [0.2, 0.25) is 5.91 Å². The van der Waals surface area contributed by atoms with Crippen molar-refractivity contribution in [1.29, 1.82) is 0 Å². The van der Waals surface area contributed by atoms with E-state index in [0.717, 1.165) is 18.4 Å². The Labute approximate surface area is 137 Å². The molecule has 5 nitrogen and oxygen atoms in total. The van der Waals surface area contributed by atoms with Crippen molar-refractivity contribution in [2.75, 3.05) is 0 Å². The maximum Gasteiger partial charge on any atom is 0.407 e. The maximum absolute atomic E-state index is 12.2. The van der Waals surface area contributed by atoms with Gasteiger partial charge in [-0.2, -0.15) is 0 Å². The first-order valence-electron chi connectivity index (χ1n) is 8.14. The van der Waals surface area contributed by atoms with Gasteiger partial charge in [0.1, 0.15) is 5.60 Å². The molecule has 5 heteroatoms. The highest BCUT2D eigenvalue weighted by Gasteiger charge is 2.31. The minimum absolute atomic E-state index is 0.0114. The number of benzene rings is 1. The molecule has 0 aromatic heterocycles. The Hall–Kier alpha value is -2.04. The lowest BCUT2D eigenvalue weighted by atomic mass is 10.1. The number of nitrogens with one attached hydrogen (secondary N) is 2. The largest absolute Gasteiger partial charge is 0.444 e. The molecule has 2 atom stereocenters. The van der Waals surface area contributed by atoms with Crippen molar-refractivity contribution in [1.82, 2.24) is 10.6 Å². The van der Waals surface area contributed by atoms with E-state index in [0.29, 0.717) is 13.0 Å². The molecule has 1 fully saturated rings. The molecule has 1 aromatic rings. The van der Waals surface area contributed by atoms with Gasteiger partial charge in [0.15, 0.2) is 0 Å². The Morgan fingerprint density at radius 3 is 2.52 bits per heavy atom. The van der Waals surface area contributed by atoms with E-state index < -0.39 is 11.7 Å². The highest BCUT2D eigenvalue weighted by atomic mass is 16.6. The number of hydrogen-bond acceptors (Lipinski definition) is 3. The zero-order valence-corrected chi connectivity index (χ0v) is 14.1. The maximum atomic E-state index is 12.2. The highest BCUT2D eigenvalue weighted by Crippen LogP contribution is 2.26. The van der Waals surface area contributed by atoms with Crippen molar-refractivity contribution < 1.29 is 14.3 Å². The van der Waals surface area contributed by atoms with Crippen LogP contribution in [0.3, 0.4) is 0 Å². The topological polar surface area (TPSA) is 67.4 Å². The summed E-state index contributed by atoms with van der Waals surface area (Å²) in [4.78, 5) is 24.0. The monoisotopic (exact) mass is 318 g/mol. The Bertz CT molecular complexity index is 537. The number of hydrogen-bond donors (Lipinski definition) is 2. The highest BCUT2D eigenvalue weighted by molar-refractivity contribution is 5.79. The van der Waals surface area contributed by atoms with Gasteiger partial charge in [-0.05, 0) is 45.6 Å². The summed E-state index contributed by atoms with van der Waals surface area (Å²) in [6, 6.07) is 9.85. The zero-order valence-electron chi connectivity index (χ0n) is 14.1. The molecule has 1 saturated carbocycles. The SMILES string of the molecule is CC(C)(C)OC(=O)N[C@@H]1CC[C@H](C(=O)NCc2ccccc2)C1. The molecule has 2 amide bonds. The van der Waals surface area contributed by atoms with E-state index in [2.05, 4.69) is 10.6 Å². The van der Waals surface area contributed by atoms with Crippen molar-refractivity contribution >= 4 is 12.0 Å². The van der Waals surface area contributed by atoms with E-state index in [-0.39, 0.29) is 17.9 Å². The molecule has 1 aromatic carbocycles. The fourth-order valence-corrected chi connectivity index (χ4v) is 2.75. The second-order valence-corrected chi connectivity index (χ2v) is 7.06. The van der Waals surface area contributed by atoms with Gasteiger partial charge in [0.25, 0.3) is 0 Å². The standard InChI is InChI=1S/C18H26N2O3/c1-18(2,3)23-17(22)20-15-10-9-14(11-15)16(21)19-12-13-7-5-4-6-8-13/h4-8,14-15H,9-12H2,1-3H3,(H,19,21)(H,20,22)/t14-,15+/m0/s1. The van der Waals surface area contributed by atoms with E-state index in [1.165, 1.54) is 0 Å². The summed E-state index contributed by atoms with van der Waals surface area (Å²) < 4.78 is 5.25. The van der Waals surface area contributed by atoms with Crippen LogP contribution in [0.15, 0.2) is 30.3 Å². The molecular formula is C18H26N2O3. The summed E-state index contributed by atoms with van der Waals surface area (Å²) in [7, 11) is 0. The van der Waals surface area contributed by atoms with E-state index in [1.54, 1.807) is 0 Å². The molecule has 0 heterocycles. The summed E-state index contributed by atoms with van der Waals surface area (Å²) in [6.45, 7) is 6.05. The van der Waals surface area contributed by atoms with Gasteiger partial charge in [0, 0.05) is 18.5 Å². The molecule has 2 N–H and O–H groups in total. The molecular weight excluding hydrogens is 292 g/mol. The number of carbonyl (C=O) groups excluding carboxylic acids is 2. The summed E-state index contributed by atoms with van der Waals surface area (Å²) in [5.74, 6) is 0.0148. The summed E-state index contributed by atoms with van der Waals surface area (Å²) in [5, 5.41) is 5.82. The van der Waals surface area contributed by atoms with E-state index >= 15 is 0 Å². The lowest BCUT2D eigenvalue weighted by molar-refractivity contribution is -0.125. The van der Waals surface area contributed by atoms with Crippen LogP contribution in [-0.4, -0.2) is 23.6 Å². The van der Waals surface area contributed by atoms with Gasteiger partial charge >= 0.3 is 6.09 Å². The zero-order chi connectivity index (χ0) is 16.9. The normalized spacial score (nSPS) is 20.8. The van der Waals surface area contributed by atoms with Crippen LogP contribution in [0.4, 0.5) is 4.79 Å². The number of ether oxygens (including phenoxy) is 1. The predicted molar refractivity (Wildman–Crippen MR) is 88.8 cm³/mol. The summed E-state index contributed by atoms with van der Waals surface area (Å²) in [6.07, 6.45) is 1.86. The van der Waals surface area contributed by atoms with Gasteiger partial charge in [-0.3, -0.25) is 4.79 Å². The summed E-state index contributed by atoms with van der Waals surface area (Å²) >= 11 is 0. The lowest BCUT2D eigenvalue weighted by Gasteiger charge is -2.21. The number of rotatable bonds is 4. The van der Waals surface area contributed by atoms with Gasteiger partial charge in [-0.15, -0.1) is 0 Å². The van der Waals surface area contributed by atoms with Gasteiger partial charge in [0.05, 0.1) is 0 Å². The van der Waals surface area contributed by atoms with Crippen molar-refractivity contribution in [3.63, 3.8) is 0 Å². The number of alkyl carbamates (subject to hydrolysis) is 1.